The van der Waals surface area contributed by atoms with Gasteiger partial charge < -0.3 is 15.1 Å². The largest absolute Gasteiger partial charge is 0.339 e. The normalized spacial score (nSPS) is 22.2. The molecule has 2 fully saturated rings. The maximum atomic E-state index is 12.3. The van der Waals surface area contributed by atoms with Crippen LogP contribution in [0.1, 0.15) is 12.0 Å². The van der Waals surface area contributed by atoms with E-state index in [-0.39, 0.29) is 18.4 Å². The van der Waals surface area contributed by atoms with E-state index in [1.165, 1.54) is 5.56 Å². The van der Waals surface area contributed by atoms with Gasteiger partial charge in [-0.2, -0.15) is 0 Å². The Kier molecular flexibility index (Phi) is 4.73. The highest BCUT2D eigenvalue weighted by atomic mass is 16.2. The van der Waals surface area contributed by atoms with Gasteiger partial charge in [0.1, 0.15) is 0 Å². The van der Waals surface area contributed by atoms with E-state index >= 15 is 0 Å². The summed E-state index contributed by atoms with van der Waals surface area (Å²) in [6.45, 7) is 4.12. The molecule has 2 heterocycles. The van der Waals surface area contributed by atoms with Crippen LogP contribution in [0.4, 0.5) is 0 Å². The molecule has 2 aliphatic heterocycles. The van der Waals surface area contributed by atoms with Crippen LogP contribution in [-0.4, -0.2) is 60.9 Å². The molecule has 1 atom stereocenters. The molecule has 118 valence electrons. The molecule has 0 spiro atoms. The summed E-state index contributed by atoms with van der Waals surface area (Å²) < 4.78 is 0. The number of benzene rings is 1. The molecule has 0 aromatic heterocycles. The Balaban J connectivity index is 1.52. The van der Waals surface area contributed by atoms with E-state index in [1.54, 1.807) is 4.90 Å². The molecule has 1 aromatic rings. The van der Waals surface area contributed by atoms with Gasteiger partial charge >= 0.3 is 0 Å². The molecule has 2 aliphatic rings. The molecule has 2 saturated heterocycles. The number of amides is 2. The van der Waals surface area contributed by atoms with Crippen molar-refractivity contribution in [3.63, 3.8) is 0 Å². The summed E-state index contributed by atoms with van der Waals surface area (Å²) in [5.41, 5.74) is 1.26. The number of rotatable bonds is 4. The topological polar surface area (TPSA) is 52.7 Å². The van der Waals surface area contributed by atoms with E-state index in [2.05, 4.69) is 17.4 Å². The Morgan fingerprint density at radius 2 is 1.91 bits per heavy atom. The van der Waals surface area contributed by atoms with Gasteiger partial charge in [-0.15, -0.1) is 0 Å². The maximum Gasteiger partial charge on any atom is 0.242 e. The number of carbonyl (C=O) groups excluding carboxylic acids is 2. The minimum Gasteiger partial charge on any atom is -0.339 e. The lowest BCUT2D eigenvalue weighted by Gasteiger charge is -2.29. The molecule has 1 aromatic carbocycles. The van der Waals surface area contributed by atoms with Crippen molar-refractivity contribution >= 4 is 11.8 Å². The SMILES string of the molecule is O=C(CN1CC(Cc2ccccc2)CC1=O)N1CCNCC1. The van der Waals surface area contributed by atoms with Crippen LogP contribution in [0.15, 0.2) is 30.3 Å². The van der Waals surface area contributed by atoms with Crippen molar-refractivity contribution in [3.8, 4) is 0 Å². The van der Waals surface area contributed by atoms with Crippen molar-refractivity contribution in [2.45, 2.75) is 12.8 Å². The van der Waals surface area contributed by atoms with Gasteiger partial charge in [0.15, 0.2) is 0 Å². The first-order valence-corrected chi connectivity index (χ1v) is 8.02. The summed E-state index contributed by atoms with van der Waals surface area (Å²) in [6, 6.07) is 10.2. The van der Waals surface area contributed by atoms with Crippen LogP contribution in [0.3, 0.4) is 0 Å². The van der Waals surface area contributed by atoms with Gasteiger partial charge in [0.25, 0.3) is 0 Å². The number of likely N-dealkylation sites (tertiary alicyclic amines) is 1. The summed E-state index contributed by atoms with van der Waals surface area (Å²) >= 11 is 0. The zero-order valence-electron chi connectivity index (χ0n) is 12.8. The number of hydrogen-bond acceptors (Lipinski definition) is 3. The fourth-order valence-electron chi connectivity index (χ4n) is 3.27. The predicted octanol–water partition coefficient (Wildman–Crippen LogP) is 0.509. The molecule has 2 amide bonds. The van der Waals surface area contributed by atoms with Gasteiger partial charge in [-0.1, -0.05) is 30.3 Å². The molecule has 5 nitrogen and oxygen atoms in total. The molecular formula is C17H23N3O2. The Hall–Kier alpha value is -1.88. The highest BCUT2D eigenvalue weighted by molar-refractivity contribution is 5.86. The molecule has 0 bridgehead atoms. The number of carbonyl (C=O) groups is 2. The molecule has 3 rings (SSSR count). The van der Waals surface area contributed by atoms with Crippen LogP contribution in [0.25, 0.3) is 0 Å². The van der Waals surface area contributed by atoms with Gasteiger partial charge in [0.05, 0.1) is 6.54 Å². The minimum atomic E-state index is 0.0789. The summed E-state index contributed by atoms with van der Waals surface area (Å²) in [5.74, 6) is 0.519. The van der Waals surface area contributed by atoms with E-state index in [9.17, 15) is 9.59 Å². The van der Waals surface area contributed by atoms with Gasteiger partial charge in [0, 0.05) is 39.1 Å². The maximum absolute atomic E-state index is 12.3. The molecule has 0 aliphatic carbocycles. The molecular weight excluding hydrogens is 278 g/mol. The fraction of sp³-hybridized carbons (Fsp3) is 0.529. The van der Waals surface area contributed by atoms with Crippen LogP contribution < -0.4 is 5.32 Å². The molecule has 0 saturated carbocycles. The first-order valence-electron chi connectivity index (χ1n) is 8.02. The van der Waals surface area contributed by atoms with Crippen LogP contribution in [0.5, 0.6) is 0 Å². The Labute approximate surface area is 131 Å². The highest BCUT2D eigenvalue weighted by Crippen LogP contribution is 2.22. The molecule has 5 heteroatoms. The van der Waals surface area contributed by atoms with Gasteiger partial charge in [-0.25, -0.2) is 0 Å². The zero-order chi connectivity index (χ0) is 15.4. The lowest BCUT2D eigenvalue weighted by molar-refractivity contribution is -0.138. The van der Waals surface area contributed by atoms with Crippen molar-refractivity contribution in [3.05, 3.63) is 35.9 Å². The van der Waals surface area contributed by atoms with Crippen molar-refractivity contribution in [1.82, 2.24) is 15.1 Å². The second-order valence-electron chi connectivity index (χ2n) is 6.16. The smallest absolute Gasteiger partial charge is 0.242 e. The van der Waals surface area contributed by atoms with E-state index in [1.807, 2.05) is 23.1 Å². The summed E-state index contributed by atoms with van der Waals surface area (Å²) in [6.07, 6.45) is 1.47. The molecule has 22 heavy (non-hydrogen) atoms. The number of nitrogens with zero attached hydrogens (tertiary/aromatic N) is 2. The Morgan fingerprint density at radius 1 is 1.18 bits per heavy atom. The van der Waals surface area contributed by atoms with E-state index in [4.69, 9.17) is 0 Å². The summed E-state index contributed by atoms with van der Waals surface area (Å²) in [7, 11) is 0. The third-order valence-corrected chi connectivity index (χ3v) is 4.46. The highest BCUT2D eigenvalue weighted by Gasteiger charge is 2.31. The first kappa shape index (κ1) is 15.0. The van der Waals surface area contributed by atoms with Crippen LogP contribution in [-0.2, 0) is 16.0 Å². The minimum absolute atomic E-state index is 0.0789. The van der Waals surface area contributed by atoms with E-state index in [0.29, 0.717) is 18.9 Å². The van der Waals surface area contributed by atoms with E-state index in [0.717, 1.165) is 32.6 Å². The van der Waals surface area contributed by atoms with Crippen molar-refractivity contribution < 1.29 is 9.59 Å². The van der Waals surface area contributed by atoms with Crippen molar-refractivity contribution in [2.24, 2.45) is 5.92 Å². The molecule has 1 unspecified atom stereocenters. The van der Waals surface area contributed by atoms with Crippen LogP contribution in [0.2, 0.25) is 0 Å². The average Bonchev–Trinajstić information content (AvgIpc) is 2.88. The third-order valence-electron chi connectivity index (χ3n) is 4.46. The van der Waals surface area contributed by atoms with Gasteiger partial charge in [-0.3, -0.25) is 9.59 Å². The predicted molar refractivity (Wildman–Crippen MR) is 84.3 cm³/mol. The monoisotopic (exact) mass is 301 g/mol. The lowest BCUT2D eigenvalue weighted by atomic mass is 9.99. The van der Waals surface area contributed by atoms with Crippen molar-refractivity contribution in [2.75, 3.05) is 39.3 Å². The number of piperazine rings is 1. The second-order valence-corrected chi connectivity index (χ2v) is 6.16. The third kappa shape index (κ3) is 3.65. The van der Waals surface area contributed by atoms with Crippen LogP contribution in [0, 0.1) is 5.92 Å². The Morgan fingerprint density at radius 3 is 2.64 bits per heavy atom. The quantitative estimate of drug-likeness (QED) is 0.881. The summed E-state index contributed by atoms with van der Waals surface area (Å²) in [4.78, 5) is 28.0. The molecule has 1 N–H and O–H groups in total. The number of nitrogens with one attached hydrogen (secondary N) is 1. The van der Waals surface area contributed by atoms with Gasteiger partial charge in [0.2, 0.25) is 11.8 Å². The zero-order valence-corrected chi connectivity index (χ0v) is 12.8. The fourth-order valence-corrected chi connectivity index (χ4v) is 3.27. The standard InChI is InChI=1S/C17H23N3O2/c21-16-11-15(10-14-4-2-1-3-5-14)12-20(16)13-17(22)19-8-6-18-7-9-19/h1-5,15,18H,6-13H2. The van der Waals surface area contributed by atoms with E-state index < -0.39 is 0 Å². The number of hydrogen-bond donors (Lipinski definition) is 1. The second kappa shape index (κ2) is 6.92. The summed E-state index contributed by atoms with van der Waals surface area (Å²) in [5, 5.41) is 3.23. The average molecular weight is 301 g/mol. The molecule has 0 radical (unpaired) electrons. The Bertz CT molecular complexity index is 526. The lowest BCUT2D eigenvalue weighted by Crippen LogP contribution is -2.49. The van der Waals surface area contributed by atoms with Gasteiger partial charge in [-0.05, 0) is 17.9 Å². The van der Waals surface area contributed by atoms with Crippen molar-refractivity contribution in [1.29, 1.82) is 0 Å². The first-order chi connectivity index (χ1) is 10.7. The van der Waals surface area contributed by atoms with Crippen LogP contribution >= 0.6 is 0 Å².